The summed E-state index contributed by atoms with van der Waals surface area (Å²) >= 11 is 6.00. The Morgan fingerprint density at radius 2 is 1.83 bits per heavy atom. The summed E-state index contributed by atoms with van der Waals surface area (Å²) in [5, 5.41) is 3.66. The molecule has 0 spiro atoms. The molecular weight excluding hydrogens is 402 g/mol. The molecule has 2 heterocycles. The van der Waals surface area contributed by atoms with Crippen LogP contribution in [0.3, 0.4) is 0 Å². The van der Waals surface area contributed by atoms with Crippen molar-refractivity contribution in [3.05, 3.63) is 94.9 Å². The molecule has 0 saturated heterocycles. The number of rotatable bonds is 6. The number of pyridine rings is 1. The summed E-state index contributed by atoms with van der Waals surface area (Å²) < 4.78 is 5.25. The number of nitrogens with zero attached hydrogens (tertiary/aromatic N) is 2. The number of hydrogen-bond donors (Lipinski definition) is 1. The van der Waals surface area contributed by atoms with Gasteiger partial charge in [-0.3, -0.25) is 19.5 Å². The van der Waals surface area contributed by atoms with Gasteiger partial charge in [0.15, 0.2) is 0 Å². The van der Waals surface area contributed by atoms with Crippen molar-refractivity contribution in [1.82, 2.24) is 9.88 Å². The number of carbonyl (C=O) groups is 2. The molecule has 0 radical (unpaired) electrons. The molecule has 150 valence electrons. The molecule has 6 nitrogen and oxygen atoms in total. The number of imide groups is 1. The third-order valence-corrected chi connectivity index (χ3v) is 4.96. The molecule has 2 aromatic carbocycles. The van der Waals surface area contributed by atoms with Gasteiger partial charge in [-0.2, -0.15) is 0 Å². The van der Waals surface area contributed by atoms with Crippen LogP contribution >= 0.6 is 11.6 Å². The van der Waals surface area contributed by atoms with Crippen molar-refractivity contribution in [2.75, 3.05) is 12.4 Å². The lowest BCUT2D eigenvalue weighted by Crippen LogP contribution is -2.32. The molecule has 0 bridgehead atoms. The third-order valence-electron chi connectivity index (χ3n) is 4.70. The van der Waals surface area contributed by atoms with E-state index in [9.17, 15) is 9.59 Å². The molecule has 1 aliphatic rings. The van der Waals surface area contributed by atoms with Crippen LogP contribution in [0, 0.1) is 0 Å². The molecule has 4 rings (SSSR count). The average molecular weight is 420 g/mol. The van der Waals surface area contributed by atoms with E-state index >= 15 is 0 Å². The van der Waals surface area contributed by atoms with Crippen LogP contribution in [0.4, 0.5) is 5.69 Å². The summed E-state index contributed by atoms with van der Waals surface area (Å²) in [4.78, 5) is 31.8. The second-order valence-corrected chi connectivity index (χ2v) is 7.11. The first-order valence-electron chi connectivity index (χ1n) is 9.23. The fraction of sp³-hybridized carbons (Fsp3) is 0.0870. The number of aromatic nitrogens is 1. The highest BCUT2D eigenvalue weighted by Gasteiger charge is 2.39. The lowest BCUT2D eigenvalue weighted by atomic mass is 10.0. The number of benzene rings is 2. The molecule has 30 heavy (non-hydrogen) atoms. The van der Waals surface area contributed by atoms with Crippen LogP contribution in [0.2, 0.25) is 5.02 Å². The molecule has 0 fully saturated rings. The fourth-order valence-corrected chi connectivity index (χ4v) is 3.37. The summed E-state index contributed by atoms with van der Waals surface area (Å²) in [5.41, 5.74) is 2.51. The largest absolute Gasteiger partial charge is 0.497 e. The van der Waals surface area contributed by atoms with Crippen LogP contribution in [0.1, 0.15) is 11.1 Å². The highest BCUT2D eigenvalue weighted by molar-refractivity contribution is 6.36. The van der Waals surface area contributed by atoms with Gasteiger partial charge in [-0.25, -0.2) is 0 Å². The molecule has 0 atom stereocenters. The normalized spacial score (nSPS) is 13.7. The maximum Gasteiger partial charge on any atom is 0.278 e. The molecule has 1 aliphatic heterocycles. The van der Waals surface area contributed by atoms with Gasteiger partial charge in [0.1, 0.15) is 11.4 Å². The van der Waals surface area contributed by atoms with E-state index in [-0.39, 0.29) is 18.1 Å². The van der Waals surface area contributed by atoms with Crippen molar-refractivity contribution >= 4 is 34.7 Å². The summed E-state index contributed by atoms with van der Waals surface area (Å²) in [5.74, 6) is -0.147. The van der Waals surface area contributed by atoms with E-state index in [1.807, 2.05) is 6.07 Å². The Morgan fingerprint density at radius 3 is 2.53 bits per heavy atom. The zero-order valence-corrected chi connectivity index (χ0v) is 16.9. The average Bonchev–Trinajstić information content (AvgIpc) is 2.99. The highest BCUT2D eigenvalue weighted by Crippen LogP contribution is 2.32. The van der Waals surface area contributed by atoms with E-state index in [1.165, 1.54) is 4.90 Å². The maximum absolute atomic E-state index is 13.3. The van der Waals surface area contributed by atoms with Gasteiger partial charge in [0.2, 0.25) is 0 Å². The zero-order chi connectivity index (χ0) is 21.1. The predicted molar refractivity (Wildman–Crippen MR) is 115 cm³/mol. The Kier molecular flexibility index (Phi) is 5.50. The van der Waals surface area contributed by atoms with Crippen molar-refractivity contribution in [1.29, 1.82) is 0 Å². The maximum atomic E-state index is 13.3. The number of anilines is 1. The van der Waals surface area contributed by atoms with Crippen molar-refractivity contribution < 1.29 is 14.3 Å². The minimum absolute atomic E-state index is 0.131. The smallest absolute Gasteiger partial charge is 0.278 e. The molecule has 0 unspecified atom stereocenters. The summed E-state index contributed by atoms with van der Waals surface area (Å²) in [7, 11) is 1.57. The monoisotopic (exact) mass is 419 g/mol. The fourth-order valence-electron chi connectivity index (χ4n) is 3.24. The molecule has 7 heteroatoms. The summed E-state index contributed by atoms with van der Waals surface area (Å²) in [6.45, 7) is 0.131. The Morgan fingerprint density at radius 1 is 1.03 bits per heavy atom. The second-order valence-electron chi connectivity index (χ2n) is 6.67. The Bertz CT molecular complexity index is 1130. The van der Waals surface area contributed by atoms with Crippen LogP contribution in [-0.2, 0) is 16.1 Å². The van der Waals surface area contributed by atoms with Gasteiger partial charge in [-0.15, -0.1) is 0 Å². The molecular formula is C23H18ClN3O3. The number of amides is 2. The van der Waals surface area contributed by atoms with E-state index in [0.717, 1.165) is 5.56 Å². The van der Waals surface area contributed by atoms with E-state index in [4.69, 9.17) is 16.3 Å². The highest BCUT2D eigenvalue weighted by atomic mass is 35.5. The Balaban J connectivity index is 1.74. The molecule has 2 amide bonds. The SMILES string of the molecule is COc1cccc(NC2=C(c3ccc(Cl)cc3)C(=O)N(Cc3cccnc3)C2=O)c1. The Labute approximate surface area is 178 Å². The quantitative estimate of drug-likeness (QED) is 0.608. The van der Waals surface area contributed by atoms with Crippen LogP contribution < -0.4 is 10.1 Å². The molecule has 1 aromatic heterocycles. The van der Waals surface area contributed by atoms with Gasteiger partial charge in [0.05, 0.1) is 19.2 Å². The second kappa shape index (κ2) is 8.39. The van der Waals surface area contributed by atoms with Crippen molar-refractivity contribution in [3.8, 4) is 5.75 Å². The topological polar surface area (TPSA) is 71.5 Å². The van der Waals surface area contributed by atoms with E-state index < -0.39 is 5.91 Å². The van der Waals surface area contributed by atoms with Gasteiger partial charge >= 0.3 is 0 Å². The first-order valence-corrected chi connectivity index (χ1v) is 9.61. The molecule has 0 aliphatic carbocycles. The third kappa shape index (κ3) is 3.90. The lowest BCUT2D eigenvalue weighted by Gasteiger charge is -2.15. The van der Waals surface area contributed by atoms with Crippen LogP contribution in [-0.4, -0.2) is 28.8 Å². The summed E-state index contributed by atoms with van der Waals surface area (Å²) in [6.07, 6.45) is 3.28. The van der Waals surface area contributed by atoms with E-state index in [0.29, 0.717) is 27.6 Å². The lowest BCUT2D eigenvalue weighted by molar-refractivity contribution is -0.137. The minimum atomic E-state index is -0.406. The van der Waals surface area contributed by atoms with E-state index in [1.54, 1.807) is 74.1 Å². The van der Waals surface area contributed by atoms with Crippen LogP contribution in [0.15, 0.2) is 78.8 Å². The standard InChI is InChI=1S/C23H18ClN3O3/c1-30-19-6-2-5-18(12-19)26-21-20(16-7-9-17(24)10-8-16)22(28)27(23(21)29)14-15-4-3-11-25-13-15/h2-13,26H,14H2,1H3. The van der Waals surface area contributed by atoms with Crippen LogP contribution in [0.5, 0.6) is 5.75 Å². The first kappa shape index (κ1) is 19.7. The van der Waals surface area contributed by atoms with Crippen molar-refractivity contribution in [2.45, 2.75) is 6.54 Å². The van der Waals surface area contributed by atoms with E-state index in [2.05, 4.69) is 10.3 Å². The predicted octanol–water partition coefficient (Wildman–Crippen LogP) is 4.14. The number of ether oxygens (including phenoxy) is 1. The van der Waals surface area contributed by atoms with Gasteiger partial charge in [0.25, 0.3) is 11.8 Å². The first-order chi connectivity index (χ1) is 14.6. The van der Waals surface area contributed by atoms with Crippen molar-refractivity contribution in [3.63, 3.8) is 0 Å². The number of nitrogens with one attached hydrogen (secondary N) is 1. The number of carbonyl (C=O) groups excluding carboxylic acids is 2. The number of hydrogen-bond acceptors (Lipinski definition) is 5. The summed E-state index contributed by atoms with van der Waals surface area (Å²) in [6, 6.07) is 17.6. The molecule has 3 aromatic rings. The molecule has 0 saturated carbocycles. The van der Waals surface area contributed by atoms with Crippen LogP contribution in [0.25, 0.3) is 5.57 Å². The van der Waals surface area contributed by atoms with Gasteiger partial charge < -0.3 is 10.1 Å². The number of halogens is 1. The minimum Gasteiger partial charge on any atom is -0.497 e. The van der Waals surface area contributed by atoms with Gasteiger partial charge in [-0.05, 0) is 41.5 Å². The van der Waals surface area contributed by atoms with Crippen molar-refractivity contribution in [2.24, 2.45) is 0 Å². The van der Waals surface area contributed by atoms with Gasteiger partial charge in [-0.1, -0.05) is 35.9 Å². The number of methoxy groups -OCH3 is 1. The zero-order valence-electron chi connectivity index (χ0n) is 16.1. The Hall–Kier alpha value is -3.64. The van der Waals surface area contributed by atoms with Gasteiger partial charge in [0, 0.05) is 29.2 Å². The molecule has 1 N–H and O–H groups in total.